The number of fused-ring (bicyclic) bond motifs is 1. The molecule has 186 valence electrons. The van der Waals surface area contributed by atoms with Crippen LogP contribution in [0, 0.1) is 11.8 Å². The lowest BCUT2D eigenvalue weighted by atomic mass is 9.90. The van der Waals surface area contributed by atoms with Crippen molar-refractivity contribution in [1.29, 1.82) is 0 Å². The molecule has 3 heterocycles. The molecule has 0 saturated carbocycles. The topological polar surface area (TPSA) is 19.4 Å². The fourth-order valence-corrected chi connectivity index (χ4v) is 5.10. The first-order chi connectivity index (χ1) is 16.9. The third-order valence-electron chi connectivity index (χ3n) is 7.49. The number of alkyl halides is 1. The van der Waals surface area contributed by atoms with Gasteiger partial charge in [0.2, 0.25) is 0 Å². The smallest absolute Gasteiger partial charge is 0.104 e. The van der Waals surface area contributed by atoms with Gasteiger partial charge in [0.15, 0.2) is 0 Å². The molecule has 3 nitrogen and oxygen atoms in total. The first kappa shape index (κ1) is 25.4. The molecule has 2 atom stereocenters. The summed E-state index contributed by atoms with van der Waals surface area (Å²) in [5.74, 6) is 0.424. The minimum absolute atomic E-state index is 0.0395. The second kappa shape index (κ2) is 11.3. The third kappa shape index (κ3) is 5.75. The van der Waals surface area contributed by atoms with Crippen LogP contribution in [0.3, 0.4) is 0 Å². The van der Waals surface area contributed by atoms with Gasteiger partial charge in [0.05, 0.1) is 16.9 Å². The van der Waals surface area contributed by atoms with Gasteiger partial charge in [-0.1, -0.05) is 57.2 Å². The Morgan fingerprint density at radius 3 is 2.71 bits per heavy atom. The summed E-state index contributed by atoms with van der Waals surface area (Å²) in [7, 11) is 2.09. The number of para-hydroxylation sites is 1. The number of hydrogen-bond donors (Lipinski definition) is 0. The number of aromatic nitrogens is 1. The summed E-state index contributed by atoms with van der Waals surface area (Å²) in [6.45, 7) is 10.6. The first-order valence-electron chi connectivity index (χ1n) is 13.2. The van der Waals surface area contributed by atoms with E-state index in [1.165, 1.54) is 11.3 Å². The maximum absolute atomic E-state index is 15.0. The zero-order valence-corrected chi connectivity index (χ0v) is 22.0. The van der Waals surface area contributed by atoms with E-state index in [0.29, 0.717) is 12.3 Å². The van der Waals surface area contributed by atoms with E-state index in [2.05, 4.69) is 105 Å². The third-order valence-corrected chi connectivity index (χ3v) is 7.49. The second-order valence-electron chi connectivity index (χ2n) is 10.3. The van der Waals surface area contributed by atoms with Crippen molar-refractivity contribution >= 4 is 16.6 Å². The Kier molecular flexibility index (Phi) is 8.22. The lowest BCUT2D eigenvalue weighted by Crippen LogP contribution is -2.20. The Hall–Kier alpha value is -2.72. The van der Waals surface area contributed by atoms with Gasteiger partial charge in [0.25, 0.3) is 0 Å². The molecule has 0 N–H and O–H groups in total. The first-order valence-corrected chi connectivity index (χ1v) is 13.2. The van der Waals surface area contributed by atoms with Crippen molar-refractivity contribution in [2.24, 2.45) is 11.8 Å². The minimum atomic E-state index is -0.760. The second-order valence-corrected chi connectivity index (χ2v) is 10.3. The van der Waals surface area contributed by atoms with Gasteiger partial charge in [0.1, 0.15) is 6.17 Å². The van der Waals surface area contributed by atoms with Crippen LogP contribution in [0.15, 0.2) is 72.1 Å². The summed E-state index contributed by atoms with van der Waals surface area (Å²) in [5, 5.41) is 1.12. The lowest BCUT2D eigenvalue weighted by Gasteiger charge is -2.29. The highest BCUT2D eigenvalue weighted by molar-refractivity contribution is 5.84. The number of nitrogens with zero attached hydrogens (tertiary/aromatic N) is 3. The number of rotatable bonds is 6. The highest BCUT2D eigenvalue weighted by Crippen LogP contribution is 2.34. The summed E-state index contributed by atoms with van der Waals surface area (Å²) in [6.07, 6.45) is 13.2. The molecule has 0 aliphatic carbocycles. The van der Waals surface area contributed by atoms with E-state index in [0.717, 1.165) is 60.2 Å². The average Bonchev–Trinajstić information content (AvgIpc) is 3.01. The van der Waals surface area contributed by atoms with Crippen LogP contribution in [0.1, 0.15) is 58.2 Å². The minimum Gasteiger partial charge on any atom is -0.315 e. The molecule has 2 aliphatic rings. The average molecular weight is 474 g/mol. The molecule has 2 aliphatic heterocycles. The quantitative estimate of drug-likeness (QED) is 0.432. The molecule has 0 spiro atoms. The monoisotopic (exact) mass is 473 g/mol. The van der Waals surface area contributed by atoms with E-state index < -0.39 is 6.17 Å². The van der Waals surface area contributed by atoms with Crippen LogP contribution in [0.2, 0.25) is 0 Å². The van der Waals surface area contributed by atoms with Crippen LogP contribution in [0.25, 0.3) is 16.6 Å². The maximum atomic E-state index is 15.0. The molecule has 4 rings (SSSR count). The molecule has 35 heavy (non-hydrogen) atoms. The van der Waals surface area contributed by atoms with Crippen molar-refractivity contribution in [3.8, 4) is 0 Å². The van der Waals surface area contributed by atoms with E-state index in [1.54, 1.807) is 0 Å². The highest BCUT2D eigenvalue weighted by atomic mass is 19.1. The zero-order chi connectivity index (χ0) is 24.9. The van der Waals surface area contributed by atoms with Gasteiger partial charge in [0, 0.05) is 23.8 Å². The van der Waals surface area contributed by atoms with Crippen LogP contribution in [0.5, 0.6) is 0 Å². The number of halogens is 1. The van der Waals surface area contributed by atoms with Gasteiger partial charge in [-0.2, -0.15) is 0 Å². The van der Waals surface area contributed by atoms with Crippen molar-refractivity contribution in [3.05, 3.63) is 83.4 Å². The predicted octanol–water partition coefficient (Wildman–Crippen LogP) is 7.52. The predicted molar refractivity (Wildman–Crippen MR) is 146 cm³/mol. The molecular weight excluding hydrogens is 433 g/mol. The van der Waals surface area contributed by atoms with E-state index in [-0.39, 0.29) is 5.92 Å². The molecule has 0 radical (unpaired) electrons. The Labute approximate surface area is 210 Å². The van der Waals surface area contributed by atoms with Crippen molar-refractivity contribution < 1.29 is 4.39 Å². The Bertz CT molecular complexity index is 1160. The van der Waals surface area contributed by atoms with E-state index in [9.17, 15) is 0 Å². The molecule has 2 aromatic rings. The van der Waals surface area contributed by atoms with Crippen LogP contribution in [-0.2, 0) is 6.42 Å². The van der Waals surface area contributed by atoms with Gasteiger partial charge in [-0.05, 0) is 87.4 Å². The van der Waals surface area contributed by atoms with Crippen LogP contribution >= 0.6 is 0 Å². The summed E-state index contributed by atoms with van der Waals surface area (Å²) >= 11 is 0. The van der Waals surface area contributed by atoms with E-state index in [1.807, 2.05) is 0 Å². The number of likely N-dealkylation sites (tertiary alicyclic amines) is 1. The van der Waals surface area contributed by atoms with Crippen molar-refractivity contribution in [3.63, 3.8) is 0 Å². The lowest BCUT2D eigenvalue weighted by molar-refractivity contribution is 0.219. The molecule has 2 unspecified atom stereocenters. The summed E-state index contributed by atoms with van der Waals surface area (Å²) in [4.78, 5) is 9.78. The van der Waals surface area contributed by atoms with Gasteiger partial charge in [-0.3, -0.25) is 0 Å². The molecule has 1 aromatic heterocycles. The van der Waals surface area contributed by atoms with Crippen LogP contribution < -0.4 is 0 Å². The van der Waals surface area contributed by atoms with E-state index >= 15 is 4.39 Å². The van der Waals surface area contributed by atoms with Crippen molar-refractivity contribution in [1.82, 2.24) is 14.8 Å². The van der Waals surface area contributed by atoms with Crippen LogP contribution in [-0.4, -0.2) is 41.1 Å². The molecule has 4 heteroatoms. The zero-order valence-electron chi connectivity index (χ0n) is 22.0. The Balaban J connectivity index is 1.78. The molecule has 1 aromatic carbocycles. The Morgan fingerprint density at radius 2 is 1.94 bits per heavy atom. The molecule has 1 saturated heterocycles. The van der Waals surface area contributed by atoms with Gasteiger partial charge in [-0.15, -0.1) is 0 Å². The van der Waals surface area contributed by atoms with Gasteiger partial charge >= 0.3 is 0 Å². The SMILES string of the molecule is CCC=C1C=CC=CN1C(=C(C)C(C)C)c1ccc2cccc(CC3CCN(C)CCC3F)c2n1. The fraction of sp³-hybridized carbons (Fsp3) is 0.452. The van der Waals surface area contributed by atoms with Crippen molar-refractivity contribution in [2.75, 3.05) is 20.1 Å². The standard InChI is InChI=1S/C31H40FN3/c1-6-10-27-13-7-8-18-35(27)31(23(4)22(2)3)29-15-14-24-11-9-12-26(30(24)33-29)21-25-16-19-34(5)20-17-28(25)32/h7-15,18,22,25,28H,6,16-17,19-21H2,1-5H3. The summed E-state index contributed by atoms with van der Waals surface area (Å²) in [6, 6.07) is 10.7. The molecule has 1 fully saturated rings. The number of allylic oxidation sites excluding steroid dienone is 5. The largest absolute Gasteiger partial charge is 0.315 e. The normalized spacial score (nSPS) is 23.3. The van der Waals surface area contributed by atoms with E-state index in [4.69, 9.17) is 4.98 Å². The van der Waals surface area contributed by atoms with Crippen molar-refractivity contribution in [2.45, 2.75) is 59.5 Å². The summed E-state index contributed by atoms with van der Waals surface area (Å²) < 4.78 is 15.0. The molecular formula is C31H40FN3. The van der Waals surface area contributed by atoms with Gasteiger partial charge < -0.3 is 9.80 Å². The molecule has 0 bridgehead atoms. The Morgan fingerprint density at radius 1 is 1.14 bits per heavy atom. The highest BCUT2D eigenvalue weighted by Gasteiger charge is 2.26. The number of hydrogen-bond acceptors (Lipinski definition) is 3. The number of benzene rings is 1. The number of pyridine rings is 1. The van der Waals surface area contributed by atoms with Gasteiger partial charge in [-0.25, -0.2) is 9.37 Å². The summed E-state index contributed by atoms with van der Waals surface area (Å²) in [5.41, 5.74) is 6.73. The fourth-order valence-electron chi connectivity index (χ4n) is 5.10. The van der Waals surface area contributed by atoms with Crippen LogP contribution in [0.4, 0.5) is 4.39 Å². The maximum Gasteiger partial charge on any atom is 0.104 e. The molecule has 0 amide bonds.